The van der Waals surface area contributed by atoms with Crippen LogP contribution in [-0.4, -0.2) is 5.97 Å². The number of hydrogen-bond acceptors (Lipinski definition) is 5. The smallest absolute Gasteiger partial charge is 0.449 e. The number of fused-ring (bicyclic) bond motifs is 1. The van der Waals surface area contributed by atoms with Crippen molar-refractivity contribution in [3.05, 3.63) is 104 Å². The molecule has 0 saturated carbocycles. The minimum absolute atomic E-state index is 0.0412. The summed E-state index contributed by atoms with van der Waals surface area (Å²) in [5, 5.41) is 0.456. The summed E-state index contributed by atoms with van der Waals surface area (Å²) < 4.78 is 57.3. The second-order valence-electron chi connectivity index (χ2n) is 9.55. The molecule has 0 saturated heterocycles. The van der Waals surface area contributed by atoms with E-state index in [0.717, 1.165) is 17.7 Å². The number of alkyl halides is 3. The van der Waals surface area contributed by atoms with Crippen LogP contribution in [-0.2, 0) is 16.4 Å². The van der Waals surface area contributed by atoms with E-state index in [9.17, 15) is 22.8 Å². The number of esters is 1. The second-order valence-corrected chi connectivity index (χ2v) is 10.4. The maximum atomic E-state index is 13.9. The highest BCUT2D eigenvalue weighted by molar-refractivity contribution is 6.42. The zero-order chi connectivity index (χ0) is 28.5. The number of hydrogen-bond donors (Lipinski definition) is 0. The Hall–Kier alpha value is -3.75. The Morgan fingerprint density at radius 1 is 0.897 bits per heavy atom. The van der Waals surface area contributed by atoms with Gasteiger partial charge in [-0.2, -0.15) is 13.2 Å². The van der Waals surface area contributed by atoms with Gasteiger partial charge in [-0.25, -0.2) is 4.79 Å². The second kappa shape index (κ2) is 10.8. The van der Waals surface area contributed by atoms with Gasteiger partial charge in [-0.05, 0) is 59.0 Å². The largest absolute Gasteiger partial charge is 0.453 e. The standard InChI is InChI=1S/C29H21Cl2F3O5/c1-28(2,3)17-6-8-18(9-7-17)38-26-25(36)20-11-10-19(15-23(20)39-27(26)29(32,33)34)37-24(35)13-5-16-4-12-21(30)22(31)14-16/h4-15H,1-3H3. The summed E-state index contributed by atoms with van der Waals surface area (Å²) in [5.41, 5.74) is -0.132. The molecule has 4 aromatic rings. The predicted octanol–water partition coefficient (Wildman–Crippen LogP) is 8.83. The van der Waals surface area contributed by atoms with Crippen molar-refractivity contribution in [1.82, 2.24) is 0 Å². The molecule has 0 amide bonds. The number of carbonyl (C=O) groups is 1. The van der Waals surface area contributed by atoms with Crippen molar-refractivity contribution in [2.75, 3.05) is 0 Å². The minimum atomic E-state index is -5.04. The fourth-order valence-electron chi connectivity index (χ4n) is 3.57. The summed E-state index contributed by atoms with van der Waals surface area (Å²) in [6.45, 7) is 5.96. The molecule has 0 aliphatic heterocycles. The molecule has 0 radical (unpaired) electrons. The molecule has 39 heavy (non-hydrogen) atoms. The van der Waals surface area contributed by atoms with Crippen LogP contribution in [0.1, 0.15) is 37.7 Å². The van der Waals surface area contributed by atoms with E-state index in [2.05, 4.69) is 0 Å². The zero-order valence-corrected chi connectivity index (χ0v) is 22.4. The molecule has 0 unspecified atom stereocenters. The summed E-state index contributed by atoms with van der Waals surface area (Å²) in [6, 6.07) is 14.6. The third-order valence-electron chi connectivity index (χ3n) is 5.59. The van der Waals surface area contributed by atoms with Crippen molar-refractivity contribution in [3.63, 3.8) is 0 Å². The van der Waals surface area contributed by atoms with Crippen molar-refractivity contribution in [3.8, 4) is 17.2 Å². The molecule has 0 aliphatic rings. The van der Waals surface area contributed by atoms with E-state index in [0.29, 0.717) is 15.6 Å². The summed E-state index contributed by atoms with van der Waals surface area (Å²) in [5.74, 6) is -3.51. The highest BCUT2D eigenvalue weighted by Crippen LogP contribution is 2.39. The van der Waals surface area contributed by atoms with Gasteiger partial charge in [-0.15, -0.1) is 0 Å². The average Bonchev–Trinajstić information content (AvgIpc) is 2.85. The molecule has 0 N–H and O–H groups in total. The van der Waals surface area contributed by atoms with E-state index in [1.165, 1.54) is 36.4 Å². The molecule has 4 rings (SSSR count). The molecule has 0 bridgehead atoms. The van der Waals surface area contributed by atoms with Crippen LogP contribution in [0, 0.1) is 0 Å². The molecule has 10 heteroatoms. The van der Waals surface area contributed by atoms with Crippen molar-refractivity contribution in [2.24, 2.45) is 0 Å². The first-order valence-corrected chi connectivity index (χ1v) is 12.3. The third-order valence-corrected chi connectivity index (χ3v) is 6.33. The number of halogens is 5. The quantitative estimate of drug-likeness (QED) is 0.135. The van der Waals surface area contributed by atoms with Crippen molar-refractivity contribution < 1.29 is 31.9 Å². The summed E-state index contributed by atoms with van der Waals surface area (Å²) in [7, 11) is 0. The van der Waals surface area contributed by atoms with Gasteiger partial charge >= 0.3 is 12.1 Å². The normalized spacial score (nSPS) is 12.2. The molecule has 0 spiro atoms. The van der Waals surface area contributed by atoms with Gasteiger partial charge in [0.25, 0.3) is 5.76 Å². The van der Waals surface area contributed by atoms with Gasteiger partial charge in [-0.3, -0.25) is 4.79 Å². The first-order chi connectivity index (χ1) is 18.2. The van der Waals surface area contributed by atoms with E-state index < -0.39 is 34.7 Å². The SMILES string of the molecule is CC(C)(C)c1ccc(Oc2c(C(F)(F)F)oc3cc(OC(=O)C=Cc4ccc(Cl)c(Cl)c4)ccc3c2=O)cc1. The van der Waals surface area contributed by atoms with Gasteiger partial charge in [0.05, 0.1) is 15.4 Å². The maximum Gasteiger partial charge on any atom is 0.453 e. The number of carbonyl (C=O) groups excluding carboxylic acids is 1. The number of rotatable bonds is 5. The molecular weight excluding hydrogens is 556 g/mol. The van der Waals surface area contributed by atoms with Gasteiger partial charge in [0.15, 0.2) is 0 Å². The lowest BCUT2D eigenvalue weighted by Gasteiger charge is -2.19. The summed E-state index contributed by atoms with van der Waals surface area (Å²) in [4.78, 5) is 25.3. The Balaban J connectivity index is 1.64. The first-order valence-electron chi connectivity index (χ1n) is 11.5. The van der Waals surface area contributed by atoms with Crippen LogP contribution in [0.5, 0.6) is 17.2 Å². The van der Waals surface area contributed by atoms with Gasteiger partial charge in [0.2, 0.25) is 11.2 Å². The van der Waals surface area contributed by atoms with Gasteiger partial charge < -0.3 is 13.9 Å². The van der Waals surface area contributed by atoms with Crippen LogP contribution in [0.15, 0.2) is 76.0 Å². The minimum Gasteiger partial charge on any atom is -0.449 e. The van der Waals surface area contributed by atoms with E-state index in [-0.39, 0.29) is 22.3 Å². The Kier molecular flexibility index (Phi) is 7.82. The van der Waals surface area contributed by atoms with Gasteiger partial charge in [-0.1, -0.05) is 62.2 Å². The lowest BCUT2D eigenvalue weighted by atomic mass is 9.87. The Morgan fingerprint density at radius 2 is 1.56 bits per heavy atom. The van der Waals surface area contributed by atoms with Crippen molar-refractivity contribution >= 4 is 46.2 Å². The highest BCUT2D eigenvalue weighted by Gasteiger charge is 2.40. The molecule has 0 atom stereocenters. The zero-order valence-electron chi connectivity index (χ0n) is 20.9. The Morgan fingerprint density at radius 3 is 2.18 bits per heavy atom. The lowest BCUT2D eigenvalue weighted by molar-refractivity contribution is -0.154. The molecule has 3 aromatic carbocycles. The Bertz CT molecular complexity index is 1630. The van der Waals surface area contributed by atoms with Crippen LogP contribution in [0.3, 0.4) is 0 Å². The van der Waals surface area contributed by atoms with Crippen LogP contribution in [0.25, 0.3) is 17.0 Å². The van der Waals surface area contributed by atoms with E-state index in [4.69, 9.17) is 37.1 Å². The van der Waals surface area contributed by atoms with Crippen LogP contribution >= 0.6 is 23.2 Å². The molecule has 1 heterocycles. The van der Waals surface area contributed by atoms with E-state index in [1.54, 1.807) is 24.3 Å². The molecular formula is C29H21Cl2F3O5. The predicted molar refractivity (Wildman–Crippen MR) is 144 cm³/mol. The topological polar surface area (TPSA) is 65.7 Å². The lowest BCUT2D eigenvalue weighted by Crippen LogP contribution is -2.16. The van der Waals surface area contributed by atoms with Crippen molar-refractivity contribution in [1.29, 1.82) is 0 Å². The maximum absolute atomic E-state index is 13.9. The van der Waals surface area contributed by atoms with Gasteiger partial charge in [0, 0.05) is 12.1 Å². The van der Waals surface area contributed by atoms with Crippen molar-refractivity contribution in [2.45, 2.75) is 32.4 Å². The summed E-state index contributed by atoms with van der Waals surface area (Å²) in [6.07, 6.45) is -2.52. The molecule has 0 fully saturated rings. The summed E-state index contributed by atoms with van der Waals surface area (Å²) >= 11 is 11.8. The fraction of sp³-hybridized carbons (Fsp3) is 0.172. The van der Waals surface area contributed by atoms with E-state index >= 15 is 0 Å². The van der Waals surface area contributed by atoms with E-state index in [1.807, 2.05) is 20.8 Å². The first kappa shape index (κ1) is 28.3. The fourth-order valence-corrected chi connectivity index (χ4v) is 3.88. The van der Waals surface area contributed by atoms with Crippen LogP contribution in [0.2, 0.25) is 10.0 Å². The highest BCUT2D eigenvalue weighted by atomic mass is 35.5. The molecule has 202 valence electrons. The molecule has 5 nitrogen and oxygen atoms in total. The van der Waals surface area contributed by atoms with Crippen LogP contribution in [0.4, 0.5) is 13.2 Å². The van der Waals surface area contributed by atoms with Crippen LogP contribution < -0.4 is 14.9 Å². The third kappa shape index (κ3) is 6.64. The number of benzene rings is 3. The molecule has 0 aliphatic carbocycles. The Labute approximate surface area is 231 Å². The van der Waals surface area contributed by atoms with Gasteiger partial charge in [0.1, 0.15) is 17.1 Å². The molecule has 1 aromatic heterocycles. The average molecular weight is 577 g/mol. The number of ether oxygens (including phenoxy) is 2. The monoisotopic (exact) mass is 576 g/mol.